The standard InChI is InChI=1S/C26H31FN2O4/c1-2-19-32-26(28-16-8-3-9-17-28,25(31)20-11-4-5-12-21(20)27)33-23-14-7-6-13-22(23)29-18-10-15-24(29)30/h4-7,11-14H,2-3,8-10,15-19H2,1H3. The van der Waals surface area contributed by atoms with E-state index in [2.05, 4.69) is 0 Å². The molecule has 176 valence electrons. The van der Waals surface area contributed by atoms with E-state index in [1.807, 2.05) is 24.0 Å². The minimum absolute atomic E-state index is 0.0181. The lowest BCUT2D eigenvalue weighted by Crippen LogP contribution is -2.62. The van der Waals surface area contributed by atoms with E-state index in [9.17, 15) is 14.0 Å². The summed E-state index contributed by atoms with van der Waals surface area (Å²) in [6, 6.07) is 13.1. The van der Waals surface area contributed by atoms with Crippen molar-refractivity contribution in [3.05, 3.63) is 59.9 Å². The highest BCUT2D eigenvalue weighted by atomic mass is 19.1. The lowest BCUT2D eigenvalue weighted by molar-refractivity contribution is -0.240. The third kappa shape index (κ3) is 4.80. The molecule has 2 heterocycles. The van der Waals surface area contributed by atoms with Gasteiger partial charge in [-0.05, 0) is 49.9 Å². The second-order valence-corrected chi connectivity index (χ2v) is 8.51. The number of Topliss-reactive ketones (excluding diaryl/α,β-unsaturated/α-hetero) is 1. The van der Waals surface area contributed by atoms with Crippen LogP contribution < -0.4 is 9.64 Å². The number of hydrogen-bond donors (Lipinski definition) is 0. The van der Waals surface area contributed by atoms with Gasteiger partial charge in [0.2, 0.25) is 5.91 Å². The zero-order valence-corrected chi connectivity index (χ0v) is 19.1. The maximum Gasteiger partial charge on any atom is 0.340 e. The minimum atomic E-state index is -1.82. The molecule has 2 aromatic rings. The van der Waals surface area contributed by atoms with E-state index in [0.717, 1.165) is 25.7 Å². The molecule has 2 aliphatic heterocycles. The van der Waals surface area contributed by atoms with Gasteiger partial charge in [-0.25, -0.2) is 9.29 Å². The Kier molecular flexibility index (Phi) is 7.40. The van der Waals surface area contributed by atoms with Crippen LogP contribution >= 0.6 is 0 Å². The number of anilines is 1. The molecule has 0 aromatic heterocycles. The van der Waals surface area contributed by atoms with Crippen LogP contribution in [0.5, 0.6) is 5.75 Å². The van der Waals surface area contributed by atoms with Crippen LogP contribution in [0.2, 0.25) is 0 Å². The quantitative estimate of drug-likeness (QED) is 0.403. The van der Waals surface area contributed by atoms with Gasteiger partial charge in [0, 0.05) is 26.1 Å². The summed E-state index contributed by atoms with van der Waals surface area (Å²) in [5.74, 6) is -2.62. The first-order valence-corrected chi connectivity index (χ1v) is 11.8. The van der Waals surface area contributed by atoms with Gasteiger partial charge in [0.15, 0.2) is 0 Å². The molecule has 0 saturated carbocycles. The Balaban J connectivity index is 1.81. The van der Waals surface area contributed by atoms with Gasteiger partial charge in [-0.3, -0.25) is 9.59 Å². The zero-order chi connectivity index (χ0) is 23.3. The van der Waals surface area contributed by atoms with Crippen LogP contribution in [0.1, 0.15) is 55.8 Å². The average molecular weight is 455 g/mol. The number of halogens is 1. The predicted octanol–water partition coefficient (Wildman–Crippen LogP) is 4.78. The largest absolute Gasteiger partial charge is 0.440 e. The van der Waals surface area contributed by atoms with Crippen molar-refractivity contribution < 1.29 is 23.5 Å². The van der Waals surface area contributed by atoms with E-state index in [1.165, 1.54) is 12.1 Å². The third-order valence-electron chi connectivity index (χ3n) is 6.16. The molecule has 0 bridgehead atoms. The number of nitrogens with zero attached hydrogens (tertiary/aromatic N) is 2. The van der Waals surface area contributed by atoms with Crippen molar-refractivity contribution in [3.8, 4) is 5.75 Å². The summed E-state index contributed by atoms with van der Waals surface area (Å²) in [6.45, 7) is 3.99. The number of benzene rings is 2. The number of piperidine rings is 1. The summed E-state index contributed by atoms with van der Waals surface area (Å²) in [5.41, 5.74) is 0.525. The van der Waals surface area contributed by atoms with E-state index in [0.29, 0.717) is 43.9 Å². The van der Waals surface area contributed by atoms with Crippen molar-refractivity contribution in [2.75, 3.05) is 31.1 Å². The summed E-state index contributed by atoms with van der Waals surface area (Å²) in [7, 11) is 0. The van der Waals surface area contributed by atoms with Gasteiger partial charge in [0.1, 0.15) is 11.6 Å². The van der Waals surface area contributed by atoms with E-state index in [-0.39, 0.29) is 18.1 Å². The molecule has 2 aliphatic rings. The Morgan fingerprint density at radius 1 is 1.00 bits per heavy atom. The number of rotatable bonds is 9. The molecule has 4 rings (SSSR count). The molecule has 33 heavy (non-hydrogen) atoms. The number of ketones is 1. The van der Waals surface area contributed by atoms with Crippen molar-refractivity contribution in [3.63, 3.8) is 0 Å². The average Bonchev–Trinajstić information content (AvgIpc) is 3.28. The fourth-order valence-electron chi connectivity index (χ4n) is 4.50. The van der Waals surface area contributed by atoms with Crippen LogP contribution in [0, 0.1) is 5.82 Å². The number of ether oxygens (including phenoxy) is 2. The Hall–Kier alpha value is -2.77. The molecule has 2 aromatic carbocycles. The Morgan fingerprint density at radius 3 is 2.42 bits per heavy atom. The lowest BCUT2D eigenvalue weighted by atomic mass is 10.0. The fraction of sp³-hybridized carbons (Fsp3) is 0.462. The highest BCUT2D eigenvalue weighted by Crippen LogP contribution is 2.37. The van der Waals surface area contributed by atoms with Crippen molar-refractivity contribution in [2.24, 2.45) is 0 Å². The predicted molar refractivity (Wildman–Crippen MR) is 124 cm³/mol. The number of hydrogen-bond acceptors (Lipinski definition) is 5. The first kappa shape index (κ1) is 23.4. The molecule has 0 radical (unpaired) electrons. The molecule has 1 amide bonds. The molecule has 2 fully saturated rings. The summed E-state index contributed by atoms with van der Waals surface area (Å²) in [6.07, 6.45) is 4.73. The number of para-hydroxylation sites is 2. The van der Waals surface area contributed by atoms with Crippen molar-refractivity contribution in [1.29, 1.82) is 0 Å². The van der Waals surface area contributed by atoms with Gasteiger partial charge in [0.25, 0.3) is 5.78 Å². The van der Waals surface area contributed by atoms with E-state index >= 15 is 0 Å². The van der Waals surface area contributed by atoms with Gasteiger partial charge < -0.3 is 14.4 Å². The summed E-state index contributed by atoms with van der Waals surface area (Å²) >= 11 is 0. The zero-order valence-electron chi connectivity index (χ0n) is 19.1. The number of carbonyl (C=O) groups excluding carboxylic acids is 2. The van der Waals surface area contributed by atoms with Crippen molar-refractivity contribution in [1.82, 2.24) is 4.90 Å². The molecule has 0 aliphatic carbocycles. The van der Waals surface area contributed by atoms with E-state index in [1.54, 1.807) is 29.2 Å². The molecule has 6 nitrogen and oxygen atoms in total. The van der Waals surface area contributed by atoms with Crippen LogP contribution in [0.15, 0.2) is 48.5 Å². The van der Waals surface area contributed by atoms with Crippen LogP contribution in [0.4, 0.5) is 10.1 Å². The monoisotopic (exact) mass is 454 g/mol. The topological polar surface area (TPSA) is 59.1 Å². The van der Waals surface area contributed by atoms with Crippen LogP contribution in [0.3, 0.4) is 0 Å². The normalized spacial score (nSPS) is 18.8. The van der Waals surface area contributed by atoms with Crippen molar-refractivity contribution in [2.45, 2.75) is 51.4 Å². The Morgan fingerprint density at radius 2 is 1.73 bits per heavy atom. The maximum absolute atomic E-state index is 14.8. The Bertz CT molecular complexity index is 992. The van der Waals surface area contributed by atoms with Crippen molar-refractivity contribution >= 4 is 17.4 Å². The highest BCUT2D eigenvalue weighted by molar-refractivity contribution is 6.02. The van der Waals surface area contributed by atoms with Crippen LogP contribution in [0.25, 0.3) is 0 Å². The van der Waals surface area contributed by atoms with E-state index < -0.39 is 17.5 Å². The molecular weight excluding hydrogens is 423 g/mol. The molecule has 0 N–H and O–H groups in total. The summed E-state index contributed by atoms with van der Waals surface area (Å²) in [4.78, 5) is 30.0. The molecule has 0 spiro atoms. The summed E-state index contributed by atoms with van der Waals surface area (Å²) in [5, 5.41) is 0. The van der Waals surface area contributed by atoms with E-state index in [4.69, 9.17) is 9.47 Å². The number of carbonyl (C=O) groups is 2. The van der Waals surface area contributed by atoms with Gasteiger partial charge in [0.05, 0.1) is 17.9 Å². The first-order valence-electron chi connectivity index (χ1n) is 11.8. The van der Waals surface area contributed by atoms with Crippen LogP contribution in [-0.4, -0.2) is 48.7 Å². The molecule has 7 heteroatoms. The van der Waals surface area contributed by atoms with Gasteiger partial charge in [-0.2, -0.15) is 0 Å². The lowest BCUT2D eigenvalue weighted by Gasteiger charge is -2.43. The first-order chi connectivity index (χ1) is 16.1. The number of likely N-dealkylation sites (tertiary alicyclic amines) is 1. The van der Waals surface area contributed by atoms with Gasteiger partial charge in [-0.1, -0.05) is 37.6 Å². The second kappa shape index (κ2) is 10.4. The fourth-order valence-corrected chi connectivity index (χ4v) is 4.50. The maximum atomic E-state index is 14.8. The smallest absolute Gasteiger partial charge is 0.340 e. The molecule has 1 unspecified atom stereocenters. The Labute approximate surface area is 194 Å². The van der Waals surface area contributed by atoms with Gasteiger partial charge in [-0.15, -0.1) is 0 Å². The second-order valence-electron chi connectivity index (χ2n) is 8.51. The SMILES string of the molecule is CCCOC(Oc1ccccc1N1CCCC1=O)(C(=O)c1ccccc1F)N1CCCCC1. The number of amides is 1. The molecule has 1 atom stereocenters. The third-order valence-corrected chi connectivity index (χ3v) is 6.16. The van der Waals surface area contributed by atoms with Crippen LogP contribution in [-0.2, 0) is 9.53 Å². The minimum Gasteiger partial charge on any atom is -0.440 e. The highest BCUT2D eigenvalue weighted by Gasteiger charge is 2.50. The molecular formula is C26H31FN2O4. The summed E-state index contributed by atoms with van der Waals surface area (Å²) < 4.78 is 27.5. The molecule has 2 saturated heterocycles. The van der Waals surface area contributed by atoms with Gasteiger partial charge >= 0.3 is 5.91 Å².